The zero-order chi connectivity index (χ0) is 21.1. The average molecular weight is 468 g/mol. The molecule has 1 aliphatic rings. The molecule has 1 N–H and O–H groups in total. The van der Waals surface area contributed by atoms with Crippen LogP contribution < -0.4 is 10.2 Å². The first-order valence-electron chi connectivity index (χ1n) is 9.17. The summed E-state index contributed by atoms with van der Waals surface area (Å²) in [6, 6.07) is 12.6. The van der Waals surface area contributed by atoms with Crippen LogP contribution in [0.2, 0.25) is 5.02 Å². The van der Waals surface area contributed by atoms with E-state index >= 15 is 0 Å². The lowest BCUT2D eigenvalue weighted by molar-refractivity contribution is -0.114. The molecule has 1 aromatic heterocycles. The van der Waals surface area contributed by atoms with E-state index in [1.165, 1.54) is 0 Å². The lowest BCUT2D eigenvalue weighted by Crippen LogP contribution is -2.36. The molecule has 7 nitrogen and oxygen atoms in total. The predicted octanol–water partition coefficient (Wildman–Crippen LogP) is 4.64. The lowest BCUT2D eigenvalue weighted by atomic mass is 10.1. The Bertz CT molecular complexity index is 1030. The number of benzene rings is 2. The molecule has 2 aromatic carbocycles. The molecule has 0 bridgehead atoms. The van der Waals surface area contributed by atoms with Crippen molar-refractivity contribution in [3.63, 3.8) is 0 Å². The number of nitrogens with zero attached hydrogens (tertiary/aromatic N) is 3. The van der Waals surface area contributed by atoms with Crippen LogP contribution in [0.1, 0.15) is 0 Å². The van der Waals surface area contributed by atoms with E-state index in [1.807, 2.05) is 12.1 Å². The van der Waals surface area contributed by atoms with E-state index < -0.39 is 10.7 Å². The third-order valence-electron chi connectivity index (χ3n) is 4.59. The molecular weight excluding hydrogens is 451 g/mol. The van der Waals surface area contributed by atoms with Crippen LogP contribution in [-0.2, 0) is 9.53 Å². The van der Waals surface area contributed by atoms with E-state index in [2.05, 4.69) is 20.4 Å². The molecule has 30 heavy (non-hydrogen) atoms. The maximum atomic E-state index is 11.6. The van der Waals surface area contributed by atoms with Gasteiger partial charge in [-0.3, -0.25) is 4.79 Å². The molecule has 1 amide bonds. The van der Waals surface area contributed by atoms with Crippen LogP contribution in [0.5, 0.6) is 0 Å². The van der Waals surface area contributed by atoms with Crippen LogP contribution in [-0.4, -0.2) is 47.2 Å². The van der Waals surface area contributed by atoms with E-state index in [0.717, 1.165) is 24.3 Å². The van der Waals surface area contributed by atoms with Gasteiger partial charge in [-0.15, -0.1) is 0 Å². The smallest absolute Gasteiger partial charge is 0.261 e. The molecule has 0 saturated carbocycles. The van der Waals surface area contributed by atoms with Gasteiger partial charge in [-0.2, -0.15) is 4.98 Å². The summed E-state index contributed by atoms with van der Waals surface area (Å²) in [5.41, 5.74) is 2.89. The van der Waals surface area contributed by atoms with E-state index in [-0.39, 0.29) is 0 Å². The van der Waals surface area contributed by atoms with Gasteiger partial charge in [0, 0.05) is 24.3 Å². The molecule has 2 heterocycles. The highest BCUT2D eigenvalue weighted by Gasteiger charge is 2.22. The summed E-state index contributed by atoms with van der Waals surface area (Å²) >= 11 is 17.6. The van der Waals surface area contributed by atoms with Gasteiger partial charge in [0.25, 0.3) is 11.8 Å². The second-order valence-electron chi connectivity index (χ2n) is 6.52. The standard InChI is InChI=1S/C20H17Cl3N4O3/c21-14-2-1-3-15(27-8-10-29-11-9-27)16(14)20-25-18(26-30-20)12-4-6-13(7-5-12)24-19(28)17(22)23/h1-7,17H,8-11H2,(H,24,28). The van der Waals surface area contributed by atoms with Crippen molar-refractivity contribution < 1.29 is 14.1 Å². The quantitative estimate of drug-likeness (QED) is 0.551. The van der Waals surface area contributed by atoms with E-state index in [0.29, 0.717) is 41.2 Å². The van der Waals surface area contributed by atoms with Crippen LogP contribution in [0, 0.1) is 0 Å². The summed E-state index contributed by atoms with van der Waals surface area (Å²) in [5, 5.41) is 7.23. The summed E-state index contributed by atoms with van der Waals surface area (Å²) in [7, 11) is 0. The summed E-state index contributed by atoms with van der Waals surface area (Å²) in [4.78, 5) is 17.2. The Morgan fingerprint density at radius 2 is 1.83 bits per heavy atom. The van der Waals surface area contributed by atoms with Crippen LogP contribution in [0.4, 0.5) is 11.4 Å². The fourth-order valence-electron chi connectivity index (χ4n) is 3.13. The molecule has 1 aliphatic heterocycles. The highest BCUT2D eigenvalue weighted by atomic mass is 35.5. The minimum atomic E-state index is -1.14. The number of halogens is 3. The lowest BCUT2D eigenvalue weighted by Gasteiger charge is -2.30. The van der Waals surface area contributed by atoms with Crippen molar-refractivity contribution in [3.05, 3.63) is 47.5 Å². The molecule has 156 valence electrons. The molecule has 0 aliphatic carbocycles. The Balaban J connectivity index is 1.60. The van der Waals surface area contributed by atoms with Gasteiger partial charge in [-0.1, -0.05) is 46.0 Å². The molecule has 0 spiro atoms. The highest BCUT2D eigenvalue weighted by molar-refractivity contribution is 6.54. The van der Waals surface area contributed by atoms with E-state index in [9.17, 15) is 4.79 Å². The number of aromatic nitrogens is 2. The fraction of sp³-hybridized carbons (Fsp3) is 0.250. The minimum absolute atomic E-state index is 0.335. The van der Waals surface area contributed by atoms with Crippen LogP contribution >= 0.6 is 34.8 Å². The van der Waals surface area contributed by atoms with Gasteiger partial charge in [-0.25, -0.2) is 0 Å². The summed E-state index contributed by atoms with van der Waals surface area (Å²) < 4.78 is 11.0. The number of amides is 1. The van der Waals surface area contributed by atoms with Crippen molar-refractivity contribution in [2.45, 2.75) is 4.84 Å². The number of alkyl halides is 2. The van der Waals surface area contributed by atoms with Gasteiger partial charge in [0.1, 0.15) is 0 Å². The second kappa shape index (κ2) is 9.22. The van der Waals surface area contributed by atoms with E-state index in [1.54, 1.807) is 30.3 Å². The minimum Gasteiger partial charge on any atom is -0.378 e. The van der Waals surface area contributed by atoms with Gasteiger partial charge in [-0.05, 0) is 36.4 Å². The third-order valence-corrected chi connectivity index (χ3v) is 5.30. The largest absolute Gasteiger partial charge is 0.378 e. The Hall–Kier alpha value is -2.32. The molecule has 3 aromatic rings. The van der Waals surface area contributed by atoms with Gasteiger partial charge in [0.15, 0.2) is 4.84 Å². The average Bonchev–Trinajstić information content (AvgIpc) is 3.24. The van der Waals surface area contributed by atoms with Crippen molar-refractivity contribution in [1.29, 1.82) is 0 Å². The normalized spacial score (nSPS) is 14.2. The summed E-state index contributed by atoms with van der Waals surface area (Å²) in [6.45, 7) is 2.82. The molecule has 10 heteroatoms. The number of hydrogen-bond acceptors (Lipinski definition) is 6. The second-order valence-corrected chi connectivity index (χ2v) is 8.03. The first-order chi connectivity index (χ1) is 14.5. The number of ether oxygens (including phenoxy) is 1. The number of carbonyl (C=O) groups is 1. The Morgan fingerprint density at radius 3 is 2.53 bits per heavy atom. The zero-order valence-corrected chi connectivity index (χ0v) is 17.9. The van der Waals surface area contributed by atoms with Crippen molar-refractivity contribution in [2.24, 2.45) is 0 Å². The van der Waals surface area contributed by atoms with Crippen molar-refractivity contribution in [2.75, 3.05) is 36.5 Å². The summed E-state index contributed by atoms with van der Waals surface area (Å²) in [6.07, 6.45) is 0. The number of hydrogen-bond donors (Lipinski definition) is 1. The molecule has 0 unspecified atom stereocenters. The van der Waals surface area contributed by atoms with Crippen molar-refractivity contribution in [1.82, 2.24) is 10.1 Å². The maximum Gasteiger partial charge on any atom is 0.261 e. The van der Waals surface area contributed by atoms with Gasteiger partial charge in [0.05, 0.1) is 29.5 Å². The van der Waals surface area contributed by atoms with Crippen molar-refractivity contribution >= 4 is 52.1 Å². The fourth-order valence-corrected chi connectivity index (χ4v) is 3.49. The van der Waals surface area contributed by atoms with Gasteiger partial charge in [0.2, 0.25) is 5.82 Å². The molecular formula is C20H17Cl3N4O3. The first kappa shape index (κ1) is 20.9. The highest BCUT2D eigenvalue weighted by Crippen LogP contribution is 2.37. The number of nitrogens with one attached hydrogen (secondary N) is 1. The Kier molecular flexibility index (Phi) is 6.43. The molecule has 1 fully saturated rings. The van der Waals surface area contributed by atoms with E-state index in [4.69, 9.17) is 44.1 Å². The SMILES string of the molecule is O=C(Nc1ccc(-c2noc(-c3c(Cl)cccc3N3CCOCC3)n2)cc1)C(Cl)Cl. The van der Waals surface area contributed by atoms with Gasteiger partial charge >= 0.3 is 0 Å². The number of carbonyl (C=O) groups excluding carboxylic acids is 1. The first-order valence-corrected chi connectivity index (χ1v) is 10.4. The molecule has 0 atom stereocenters. The number of morpholine rings is 1. The Morgan fingerprint density at radius 1 is 1.10 bits per heavy atom. The summed E-state index contributed by atoms with van der Waals surface area (Å²) in [5.74, 6) is 0.243. The van der Waals surface area contributed by atoms with Gasteiger partial charge < -0.3 is 19.5 Å². The molecule has 1 saturated heterocycles. The van der Waals surface area contributed by atoms with Crippen LogP contribution in [0.25, 0.3) is 22.8 Å². The number of anilines is 2. The van der Waals surface area contributed by atoms with Crippen LogP contribution in [0.3, 0.4) is 0 Å². The predicted molar refractivity (Wildman–Crippen MR) is 117 cm³/mol. The molecule has 0 radical (unpaired) electrons. The Labute approximate surface area is 187 Å². The zero-order valence-electron chi connectivity index (χ0n) is 15.6. The monoisotopic (exact) mass is 466 g/mol. The third kappa shape index (κ3) is 4.54. The molecule has 4 rings (SSSR count). The van der Waals surface area contributed by atoms with Crippen LogP contribution in [0.15, 0.2) is 47.0 Å². The maximum absolute atomic E-state index is 11.6. The topological polar surface area (TPSA) is 80.5 Å². The van der Waals surface area contributed by atoms with Crippen molar-refractivity contribution in [3.8, 4) is 22.8 Å². The number of rotatable bonds is 5.